The number of allylic oxidation sites excluding steroid dienone is 4. The third-order valence-electron chi connectivity index (χ3n) is 4.22. The summed E-state index contributed by atoms with van der Waals surface area (Å²) < 4.78 is 0. The maximum atomic E-state index is 10.9. The van der Waals surface area contributed by atoms with Crippen LogP contribution in [-0.4, -0.2) is 22.8 Å². The molecule has 3 nitrogen and oxygen atoms in total. The van der Waals surface area contributed by atoms with Crippen molar-refractivity contribution in [3.8, 4) is 0 Å². The molecule has 1 rings (SSSR count). The van der Waals surface area contributed by atoms with Crippen LogP contribution in [0.1, 0.15) is 60.8 Å². The predicted octanol–water partition coefficient (Wildman–Crippen LogP) is 4.39. The molecule has 0 unspecified atom stereocenters. The molecule has 0 amide bonds. The van der Waals surface area contributed by atoms with Crippen molar-refractivity contribution in [1.29, 1.82) is 0 Å². The van der Waals surface area contributed by atoms with Crippen molar-refractivity contribution < 1.29 is 9.90 Å². The van der Waals surface area contributed by atoms with E-state index in [1.807, 2.05) is 13.8 Å². The van der Waals surface area contributed by atoms with Gasteiger partial charge in [0.2, 0.25) is 0 Å². The Hall–Kier alpha value is -1.38. The van der Waals surface area contributed by atoms with Gasteiger partial charge in [-0.05, 0) is 63.5 Å². The van der Waals surface area contributed by atoms with Gasteiger partial charge < -0.3 is 5.11 Å². The Kier molecular flexibility index (Phi) is 5.32. The van der Waals surface area contributed by atoms with Crippen LogP contribution < -0.4 is 0 Å². The van der Waals surface area contributed by atoms with Crippen LogP contribution in [0.4, 0.5) is 0 Å². The fraction of sp³-hybridized carbons (Fsp3) is 0.647. The molecule has 1 aliphatic carbocycles. The van der Waals surface area contributed by atoms with E-state index in [2.05, 4.69) is 31.8 Å². The monoisotopic (exact) mass is 277 g/mol. The van der Waals surface area contributed by atoms with E-state index in [-0.39, 0.29) is 5.41 Å². The van der Waals surface area contributed by atoms with Crippen LogP contribution in [0.3, 0.4) is 0 Å². The zero-order chi connectivity index (χ0) is 15.5. The molecule has 0 saturated heterocycles. The second-order valence-corrected chi connectivity index (χ2v) is 6.49. The summed E-state index contributed by atoms with van der Waals surface area (Å²) in [6, 6.07) is -0.687. The fourth-order valence-electron chi connectivity index (χ4n) is 2.73. The lowest BCUT2D eigenvalue weighted by molar-refractivity contribution is -0.137. The molecule has 0 saturated carbocycles. The van der Waals surface area contributed by atoms with Crippen molar-refractivity contribution in [2.45, 2.75) is 66.8 Å². The molecule has 0 heterocycles. The number of nitrogens with zero attached hydrogens (tertiary/aromatic N) is 1. The van der Waals surface area contributed by atoms with E-state index in [0.717, 1.165) is 17.7 Å². The van der Waals surface area contributed by atoms with Gasteiger partial charge in [-0.1, -0.05) is 25.5 Å². The first-order chi connectivity index (χ1) is 9.15. The van der Waals surface area contributed by atoms with Crippen molar-refractivity contribution in [2.75, 3.05) is 0 Å². The molecular formula is C17H27NO2. The van der Waals surface area contributed by atoms with Crippen LogP contribution in [0.5, 0.6) is 0 Å². The highest BCUT2D eigenvalue weighted by molar-refractivity contribution is 5.99. The predicted molar refractivity (Wildman–Crippen MR) is 84.3 cm³/mol. The number of aliphatic imine (C=N–C) groups is 1. The number of rotatable bonds is 4. The lowest BCUT2D eigenvalue weighted by Crippen LogP contribution is -2.20. The normalized spacial score (nSPS) is 21.9. The molecular weight excluding hydrogens is 250 g/mol. The maximum absolute atomic E-state index is 10.9. The molecule has 1 aliphatic rings. The first-order valence-electron chi connectivity index (χ1n) is 7.31. The average Bonchev–Trinajstić information content (AvgIpc) is 2.33. The van der Waals surface area contributed by atoms with Crippen LogP contribution >= 0.6 is 0 Å². The molecule has 112 valence electrons. The molecule has 0 radical (unpaired) electrons. The zero-order valence-electron chi connectivity index (χ0n) is 13.6. The van der Waals surface area contributed by atoms with Crippen LogP contribution in [0.15, 0.2) is 27.8 Å². The molecule has 0 bridgehead atoms. The molecule has 0 aliphatic heterocycles. The molecule has 1 atom stereocenters. The smallest absolute Gasteiger partial charge is 0.328 e. The molecule has 0 aromatic heterocycles. The number of hydrogen-bond donors (Lipinski definition) is 1. The lowest BCUT2D eigenvalue weighted by atomic mass is 9.72. The Labute approximate surface area is 122 Å². The average molecular weight is 277 g/mol. The van der Waals surface area contributed by atoms with Crippen molar-refractivity contribution in [3.63, 3.8) is 0 Å². The van der Waals surface area contributed by atoms with Gasteiger partial charge in [-0.2, -0.15) is 0 Å². The van der Waals surface area contributed by atoms with Crippen LogP contribution in [0.2, 0.25) is 0 Å². The Morgan fingerprint density at radius 3 is 2.50 bits per heavy atom. The van der Waals surface area contributed by atoms with Crippen LogP contribution in [-0.2, 0) is 4.79 Å². The van der Waals surface area contributed by atoms with Gasteiger partial charge in [0, 0.05) is 5.71 Å². The Bertz CT molecular complexity index is 481. The largest absolute Gasteiger partial charge is 0.480 e. The summed E-state index contributed by atoms with van der Waals surface area (Å²) in [5.41, 5.74) is 4.89. The number of carbonyl (C=O) groups is 1. The minimum Gasteiger partial charge on any atom is -0.480 e. The molecule has 20 heavy (non-hydrogen) atoms. The van der Waals surface area contributed by atoms with E-state index in [1.54, 1.807) is 6.92 Å². The third-order valence-corrected chi connectivity index (χ3v) is 4.22. The van der Waals surface area contributed by atoms with E-state index < -0.39 is 12.0 Å². The van der Waals surface area contributed by atoms with Gasteiger partial charge in [-0.15, -0.1) is 0 Å². The molecule has 0 aromatic carbocycles. The van der Waals surface area contributed by atoms with Crippen LogP contribution in [0, 0.1) is 5.41 Å². The van der Waals surface area contributed by atoms with Crippen molar-refractivity contribution >= 4 is 11.7 Å². The molecule has 0 fully saturated rings. The number of hydrogen-bond acceptors (Lipinski definition) is 2. The topological polar surface area (TPSA) is 49.7 Å². The number of carboxylic acid groups (broad SMARTS) is 1. The summed E-state index contributed by atoms with van der Waals surface area (Å²) in [6.07, 6.45) is 5.80. The highest BCUT2D eigenvalue weighted by atomic mass is 16.4. The van der Waals surface area contributed by atoms with Gasteiger partial charge >= 0.3 is 5.97 Å². The van der Waals surface area contributed by atoms with Gasteiger partial charge in [0.1, 0.15) is 6.04 Å². The Balaban J connectivity index is 3.07. The SMILES string of the molecule is CC(=N[C@@H](C)C(=O)O)/C(C)=C/C1=C(C)CCCC1(C)C. The standard InChI is InChI=1S/C17H27NO2/c1-11-8-7-9-17(5,6)15(11)10-12(2)13(3)18-14(4)16(19)20/h10,14H,7-9H2,1-6H3,(H,19,20)/b12-10+,18-13?/t14-/m0/s1. The minimum atomic E-state index is -0.884. The van der Waals surface area contributed by atoms with Gasteiger partial charge in [0.15, 0.2) is 0 Å². The summed E-state index contributed by atoms with van der Waals surface area (Å²) in [7, 11) is 0. The maximum Gasteiger partial charge on any atom is 0.328 e. The summed E-state index contributed by atoms with van der Waals surface area (Å²) >= 11 is 0. The van der Waals surface area contributed by atoms with Crippen molar-refractivity contribution in [1.82, 2.24) is 0 Å². The van der Waals surface area contributed by atoms with E-state index in [0.29, 0.717) is 0 Å². The second kappa shape index (κ2) is 6.38. The zero-order valence-corrected chi connectivity index (χ0v) is 13.6. The van der Waals surface area contributed by atoms with Gasteiger partial charge in [-0.25, -0.2) is 4.79 Å². The summed E-state index contributed by atoms with van der Waals surface area (Å²) in [5.74, 6) is -0.884. The first kappa shape index (κ1) is 16.7. The van der Waals surface area contributed by atoms with E-state index >= 15 is 0 Å². The van der Waals surface area contributed by atoms with Crippen LogP contribution in [0.25, 0.3) is 0 Å². The van der Waals surface area contributed by atoms with Gasteiger partial charge in [0.25, 0.3) is 0 Å². The lowest BCUT2D eigenvalue weighted by Gasteiger charge is -2.33. The Morgan fingerprint density at radius 1 is 1.40 bits per heavy atom. The molecule has 0 aromatic rings. The van der Waals surface area contributed by atoms with E-state index in [1.165, 1.54) is 24.0 Å². The van der Waals surface area contributed by atoms with Gasteiger partial charge in [-0.3, -0.25) is 4.99 Å². The summed E-state index contributed by atoms with van der Waals surface area (Å²) in [5, 5.41) is 8.92. The summed E-state index contributed by atoms with van der Waals surface area (Å²) in [4.78, 5) is 15.1. The molecule has 1 N–H and O–H groups in total. The van der Waals surface area contributed by atoms with Crippen molar-refractivity contribution in [3.05, 3.63) is 22.8 Å². The third kappa shape index (κ3) is 4.06. The highest BCUT2D eigenvalue weighted by Gasteiger charge is 2.27. The van der Waals surface area contributed by atoms with E-state index in [9.17, 15) is 4.79 Å². The molecule has 0 spiro atoms. The molecule has 3 heteroatoms. The first-order valence-corrected chi connectivity index (χ1v) is 7.31. The van der Waals surface area contributed by atoms with E-state index in [4.69, 9.17) is 5.11 Å². The Morgan fingerprint density at radius 2 is 2.00 bits per heavy atom. The highest BCUT2D eigenvalue weighted by Crippen LogP contribution is 2.41. The number of carboxylic acids is 1. The summed E-state index contributed by atoms with van der Waals surface area (Å²) in [6.45, 7) is 12.3. The minimum absolute atomic E-state index is 0.197. The number of aliphatic carboxylic acids is 1. The quantitative estimate of drug-likeness (QED) is 0.775. The second-order valence-electron chi connectivity index (χ2n) is 6.49. The van der Waals surface area contributed by atoms with Gasteiger partial charge in [0.05, 0.1) is 0 Å². The van der Waals surface area contributed by atoms with Crippen molar-refractivity contribution in [2.24, 2.45) is 10.4 Å². The fourth-order valence-corrected chi connectivity index (χ4v) is 2.73.